The van der Waals surface area contributed by atoms with E-state index in [0.717, 1.165) is 11.4 Å². The Kier molecular flexibility index (Phi) is 1.59. The Morgan fingerprint density at radius 1 is 1.46 bits per heavy atom. The minimum Gasteiger partial charge on any atom is -0.436 e. The van der Waals surface area contributed by atoms with Gasteiger partial charge in [0.1, 0.15) is 5.91 Å². The van der Waals surface area contributed by atoms with Crippen molar-refractivity contribution in [2.24, 2.45) is 0 Å². The maximum atomic E-state index is 11.2. The summed E-state index contributed by atoms with van der Waals surface area (Å²) in [5.74, 6) is 0.437. The normalized spacial score (nSPS) is 13.9. The lowest BCUT2D eigenvalue weighted by Gasteiger charge is -2.24. The van der Waals surface area contributed by atoms with Crippen LogP contribution >= 0.6 is 0 Å². The van der Waals surface area contributed by atoms with Crippen molar-refractivity contribution >= 4 is 17.3 Å². The topological polar surface area (TPSA) is 34.4 Å². The first-order chi connectivity index (χ1) is 6.20. The van der Waals surface area contributed by atoms with Crippen LogP contribution in [0.25, 0.3) is 5.32 Å². The van der Waals surface area contributed by atoms with Crippen LogP contribution in [0.4, 0.5) is 11.4 Å². The molecule has 1 heterocycles. The van der Waals surface area contributed by atoms with Gasteiger partial charge in [0.2, 0.25) is 0 Å². The van der Waals surface area contributed by atoms with Crippen LogP contribution in [0.5, 0.6) is 0 Å². The Labute approximate surface area is 76.7 Å². The molecule has 0 atom stereocenters. The number of benzene rings is 1. The van der Waals surface area contributed by atoms with Crippen molar-refractivity contribution in [3.63, 3.8) is 0 Å². The molecule has 66 valence electrons. The van der Waals surface area contributed by atoms with E-state index in [-0.39, 0.29) is 5.91 Å². The summed E-state index contributed by atoms with van der Waals surface area (Å²) in [6.45, 7) is 5.21. The summed E-state index contributed by atoms with van der Waals surface area (Å²) in [4.78, 5) is 12.7. The predicted octanol–water partition coefficient (Wildman–Crippen LogP) is 2.53. The highest BCUT2D eigenvalue weighted by atomic mass is 16.2. The zero-order valence-corrected chi connectivity index (χ0v) is 7.32. The lowest BCUT2D eigenvalue weighted by molar-refractivity contribution is -0.116. The number of hydrogen-bond acceptors (Lipinski definition) is 1. The van der Waals surface area contributed by atoms with E-state index in [1.165, 1.54) is 11.8 Å². The van der Waals surface area contributed by atoms with E-state index >= 15 is 0 Å². The molecule has 3 heteroatoms. The SMILES string of the molecule is C=C1[N-]c2ccccc2N1C(C)=O. The molecule has 1 aliphatic rings. The summed E-state index contributed by atoms with van der Waals surface area (Å²) in [6.07, 6.45) is 0. The molecule has 3 nitrogen and oxygen atoms in total. The first-order valence-corrected chi connectivity index (χ1v) is 4.00. The van der Waals surface area contributed by atoms with Gasteiger partial charge in [-0.25, -0.2) is 0 Å². The van der Waals surface area contributed by atoms with Crippen LogP contribution in [0.1, 0.15) is 6.92 Å². The van der Waals surface area contributed by atoms with Gasteiger partial charge < -0.3 is 10.2 Å². The molecular weight excluding hydrogens is 164 g/mol. The number of amides is 1. The first kappa shape index (κ1) is 7.86. The van der Waals surface area contributed by atoms with Gasteiger partial charge in [-0.3, -0.25) is 4.79 Å². The third-order valence-corrected chi connectivity index (χ3v) is 1.95. The summed E-state index contributed by atoms with van der Waals surface area (Å²) in [7, 11) is 0. The number of carbonyl (C=O) groups is 1. The smallest absolute Gasteiger partial charge is 0.147 e. The van der Waals surface area contributed by atoms with E-state index in [1.54, 1.807) is 0 Å². The van der Waals surface area contributed by atoms with Crippen LogP contribution in [0.15, 0.2) is 36.7 Å². The molecule has 1 amide bonds. The van der Waals surface area contributed by atoms with Gasteiger partial charge in [-0.2, -0.15) is 0 Å². The summed E-state index contributed by atoms with van der Waals surface area (Å²) in [6, 6.07) is 7.49. The predicted molar refractivity (Wildman–Crippen MR) is 51.8 cm³/mol. The quantitative estimate of drug-likeness (QED) is 0.593. The highest BCUT2D eigenvalue weighted by Gasteiger charge is 2.14. The number of fused-ring (bicyclic) bond motifs is 1. The molecule has 1 aliphatic heterocycles. The number of para-hydroxylation sites is 2. The molecule has 0 saturated carbocycles. The van der Waals surface area contributed by atoms with Crippen molar-refractivity contribution in [3.8, 4) is 0 Å². The van der Waals surface area contributed by atoms with Crippen molar-refractivity contribution in [3.05, 3.63) is 42.0 Å². The van der Waals surface area contributed by atoms with Crippen LogP contribution in [-0.4, -0.2) is 5.91 Å². The second-order valence-corrected chi connectivity index (χ2v) is 2.87. The largest absolute Gasteiger partial charge is 0.436 e. The fourth-order valence-corrected chi connectivity index (χ4v) is 1.43. The van der Waals surface area contributed by atoms with Crippen LogP contribution < -0.4 is 4.90 Å². The van der Waals surface area contributed by atoms with Crippen LogP contribution in [0.2, 0.25) is 0 Å². The Hall–Kier alpha value is -1.77. The van der Waals surface area contributed by atoms with Gasteiger partial charge in [0.05, 0.1) is 0 Å². The van der Waals surface area contributed by atoms with Gasteiger partial charge in [0, 0.05) is 0 Å². The van der Waals surface area contributed by atoms with Crippen molar-refractivity contribution in [1.82, 2.24) is 0 Å². The van der Waals surface area contributed by atoms with Gasteiger partial charge >= 0.3 is 0 Å². The van der Waals surface area contributed by atoms with E-state index in [4.69, 9.17) is 0 Å². The summed E-state index contributed by atoms with van der Waals surface area (Å²) in [5.41, 5.74) is 1.63. The van der Waals surface area contributed by atoms with E-state index in [9.17, 15) is 4.79 Å². The molecule has 1 aromatic rings. The third kappa shape index (κ3) is 1.09. The van der Waals surface area contributed by atoms with Crippen LogP contribution in [0.3, 0.4) is 0 Å². The molecule has 0 unspecified atom stereocenters. The second kappa shape index (κ2) is 2.62. The molecule has 0 aliphatic carbocycles. The maximum absolute atomic E-state index is 11.2. The minimum absolute atomic E-state index is 0.0568. The third-order valence-electron chi connectivity index (χ3n) is 1.95. The Morgan fingerprint density at radius 2 is 2.15 bits per heavy atom. The molecule has 0 saturated heterocycles. The summed E-state index contributed by atoms with van der Waals surface area (Å²) < 4.78 is 0. The zero-order chi connectivity index (χ0) is 9.42. The fraction of sp³-hybridized carbons (Fsp3) is 0.100. The van der Waals surface area contributed by atoms with Crippen LogP contribution in [0, 0.1) is 0 Å². The molecule has 0 bridgehead atoms. The average molecular weight is 173 g/mol. The van der Waals surface area contributed by atoms with Gasteiger partial charge in [0.25, 0.3) is 0 Å². The highest BCUT2D eigenvalue weighted by molar-refractivity contribution is 6.03. The summed E-state index contributed by atoms with van der Waals surface area (Å²) >= 11 is 0. The van der Waals surface area contributed by atoms with Crippen molar-refractivity contribution in [2.75, 3.05) is 4.90 Å². The Bertz CT molecular complexity index is 384. The molecular formula is C10H9N2O-. The molecule has 2 rings (SSSR count). The molecule has 0 radical (unpaired) electrons. The lowest BCUT2D eigenvalue weighted by Crippen LogP contribution is -2.22. The maximum Gasteiger partial charge on any atom is 0.147 e. The van der Waals surface area contributed by atoms with Gasteiger partial charge in [-0.15, -0.1) is 0 Å². The minimum atomic E-state index is -0.0568. The number of hydrogen-bond donors (Lipinski definition) is 0. The molecule has 0 N–H and O–H groups in total. The monoisotopic (exact) mass is 173 g/mol. The molecule has 0 aromatic heterocycles. The number of anilines is 1. The molecule has 13 heavy (non-hydrogen) atoms. The van der Waals surface area contributed by atoms with Crippen molar-refractivity contribution in [2.45, 2.75) is 6.92 Å². The molecule has 0 fully saturated rings. The van der Waals surface area contributed by atoms with Gasteiger partial charge in [-0.1, -0.05) is 36.7 Å². The van der Waals surface area contributed by atoms with E-state index in [2.05, 4.69) is 11.9 Å². The van der Waals surface area contributed by atoms with Crippen molar-refractivity contribution < 1.29 is 4.79 Å². The second-order valence-electron chi connectivity index (χ2n) is 2.87. The average Bonchev–Trinajstić information content (AvgIpc) is 2.39. The lowest BCUT2D eigenvalue weighted by atomic mass is 10.2. The van der Waals surface area contributed by atoms with Crippen LogP contribution in [-0.2, 0) is 4.79 Å². The molecule has 1 aromatic carbocycles. The Morgan fingerprint density at radius 3 is 2.85 bits per heavy atom. The van der Waals surface area contributed by atoms with Gasteiger partial charge in [-0.05, 0) is 18.3 Å². The number of nitrogens with zero attached hydrogens (tertiary/aromatic N) is 2. The Balaban J connectivity index is 2.52. The van der Waals surface area contributed by atoms with Gasteiger partial charge in [0.15, 0.2) is 0 Å². The van der Waals surface area contributed by atoms with Crippen molar-refractivity contribution in [1.29, 1.82) is 0 Å². The standard InChI is InChI=1S/C10H9N2O/c1-7-11-9-5-3-4-6-10(9)12(7)8(2)13/h3-6H,1H2,2H3/q-1. The zero-order valence-electron chi connectivity index (χ0n) is 7.32. The van der Waals surface area contributed by atoms with E-state index in [0.29, 0.717) is 5.82 Å². The first-order valence-electron chi connectivity index (χ1n) is 4.00. The number of rotatable bonds is 0. The summed E-state index contributed by atoms with van der Waals surface area (Å²) in [5, 5.41) is 4.17. The van der Waals surface area contributed by atoms with E-state index < -0.39 is 0 Å². The fourth-order valence-electron chi connectivity index (χ4n) is 1.43. The number of carbonyl (C=O) groups excluding carboxylic acids is 1. The highest BCUT2D eigenvalue weighted by Crippen LogP contribution is 2.43. The van der Waals surface area contributed by atoms with E-state index in [1.807, 2.05) is 24.3 Å². The molecule has 0 spiro atoms.